The van der Waals surface area contributed by atoms with Crippen molar-refractivity contribution in [1.29, 1.82) is 0 Å². The van der Waals surface area contributed by atoms with Crippen molar-refractivity contribution in [2.75, 3.05) is 25.1 Å². The van der Waals surface area contributed by atoms with E-state index in [-0.39, 0.29) is 17.3 Å². The number of methoxy groups -OCH3 is 1. The second-order valence-corrected chi connectivity index (χ2v) is 7.43. The normalized spacial score (nSPS) is 14.5. The minimum absolute atomic E-state index is 0.0474. The summed E-state index contributed by atoms with van der Waals surface area (Å²) >= 11 is 0. The van der Waals surface area contributed by atoms with E-state index < -0.39 is 0 Å². The molecule has 1 aliphatic heterocycles. The summed E-state index contributed by atoms with van der Waals surface area (Å²) < 4.78 is 6.80. The van der Waals surface area contributed by atoms with E-state index in [1.54, 1.807) is 37.2 Å². The zero-order chi connectivity index (χ0) is 21.1. The molecular weight excluding hydrogens is 380 g/mol. The number of Topliss-reactive ketones (excluding diaryl/α,β-unsaturated/α-hetero) is 1. The highest BCUT2D eigenvalue weighted by Crippen LogP contribution is 2.26. The molecule has 0 amide bonds. The fourth-order valence-corrected chi connectivity index (χ4v) is 3.83. The zero-order valence-corrected chi connectivity index (χ0v) is 17.1. The van der Waals surface area contributed by atoms with Crippen molar-refractivity contribution in [3.05, 3.63) is 70.8 Å². The molecule has 3 aromatic rings. The van der Waals surface area contributed by atoms with Crippen LogP contribution in [0.15, 0.2) is 59.7 Å². The first-order valence-electron chi connectivity index (χ1n) is 9.98. The lowest BCUT2D eigenvalue weighted by Gasteiger charge is -2.33. The predicted molar refractivity (Wildman–Crippen MR) is 115 cm³/mol. The van der Waals surface area contributed by atoms with Crippen molar-refractivity contribution in [3.8, 4) is 17.0 Å². The zero-order valence-electron chi connectivity index (χ0n) is 17.1. The maximum atomic E-state index is 12.9. The maximum Gasteiger partial charge on any atom is 0.255 e. The molecule has 1 saturated heterocycles. The summed E-state index contributed by atoms with van der Waals surface area (Å²) in [4.78, 5) is 36.3. The molecule has 7 nitrogen and oxygen atoms in total. The Morgan fingerprint density at radius 3 is 2.53 bits per heavy atom. The number of hydrogen-bond acceptors (Lipinski definition) is 6. The minimum Gasteiger partial charge on any atom is -0.497 e. The molecule has 3 heterocycles. The molecular formula is C23H24N4O3. The summed E-state index contributed by atoms with van der Waals surface area (Å²) in [6, 6.07) is 12.5. The van der Waals surface area contributed by atoms with Gasteiger partial charge in [-0.3, -0.25) is 19.1 Å². The molecule has 0 spiro atoms. The number of anilines is 1. The van der Waals surface area contributed by atoms with Gasteiger partial charge in [0.05, 0.1) is 12.8 Å². The van der Waals surface area contributed by atoms with E-state index in [1.165, 1.54) is 6.07 Å². The SMILES string of the molecule is COc1cccc(C(=O)C2CCN(c3nc(-c4ccncc4)cc(=O)n3C)CC2)c1. The number of hydrogen-bond donors (Lipinski definition) is 0. The number of rotatable bonds is 5. The van der Waals surface area contributed by atoms with Crippen LogP contribution < -0.4 is 15.2 Å². The number of ketones is 1. The van der Waals surface area contributed by atoms with Crippen LogP contribution in [0.4, 0.5) is 5.95 Å². The van der Waals surface area contributed by atoms with E-state index in [2.05, 4.69) is 9.88 Å². The minimum atomic E-state index is -0.110. The number of ether oxygens (including phenoxy) is 1. The van der Waals surface area contributed by atoms with Crippen LogP contribution in [-0.2, 0) is 7.05 Å². The van der Waals surface area contributed by atoms with E-state index >= 15 is 0 Å². The van der Waals surface area contributed by atoms with Crippen molar-refractivity contribution in [1.82, 2.24) is 14.5 Å². The molecule has 0 N–H and O–H groups in total. The van der Waals surface area contributed by atoms with Crippen molar-refractivity contribution in [3.63, 3.8) is 0 Å². The summed E-state index contributed by atoms with van der Waals surface area (Å²) in [5.41, 5.74) is 2.05. The average Bonchev–Trinajstić information content (AvgIpc) is 2.81. The van der Waals surface area contributed by atoms with Gasteiger partial charge in [0.1, 0.15) is 5.75 Å². The van der Waals surface area contributed by atoms with Gasteiger partial charge in [-0.05, 0) is 37.1 Å². The van der Waals surface area contributed by atoms with Crippen LogP contribution in [0.2, 0.25) is 0 Å². The summed E-state index contributed by atoms with van der Waals surface area (Å²) in [5.74, 6) is 1.40. The highest BCUT2D eigenvalue weighted by atomic mass is 16.5. The van der Waals surface area contributed by atoms with Gasteiger partial charge >= 0.3 is 0 Å². The van der Waals surface area contributed by atoms with Crippen LogP contribution in [0, 0.1) is 5.92 Å². The fourth-order valence-electron chi connectivity index (χ4n) is 3.83. The van der Waals surface area contributed by atoms with Crippen molar-refractivity contribution in [2.24, 2.45) is 13.0 Å². The maximum absolute atomic E-state index is 12.9. The Balaban J connectivity index is 1.52. The lowest BCUT2D eigenvalue weighted by atomic mass is 9.89. The van der Waals surface area contributed by atoms with Crippen LogP contribution in [-0.4, -0.2) is 40.5 Å². The van der Waals surface area contributed by atoms with Gasteiger partial charge in [0, 0.05) is 55.6 Å². The number of pyridine rings is 1. The van der Waals surface area contributed by atoms with Gasteiger partial charge < -0.3 is 9.64 Å². The number of carbonyl (C=O) groups excluding carboxylic acids is 1. The molecule has 0 aliphatic carbocycles. The third-order valence-corrected chi connectivity index (χ3v) is 5.59. The van der Waals surface area contributed by atoms with Crippen molar-refractivity contribution >= 4 is 11.7 Å². The van der Waals surface area contributed by atoms with Crippen molar-refractivity contribution in [2.45, 2.75) is 12.8 Å². The Hall–Kier alpha value is -3.48. The van der Waals surface area contributed by atoms with Gasteiger partial charge in [0.25, 0.3) is 5.56 Å². The van der Waals surface area contributed by atoms with Gasteiger partial charge in [-0.15, -0.1) is 0 Å². The van der Waals surface area contributed by atoms with Gasteiger partial charge in [-0.25, -0.2) is 4.98 Å². The molecule has 0 bridgehead atoms. The van der Waals surface area contributed by atoms with E-state index in [9.17, 15) is 9.59 Å². The lowest BCUT2D eigenvalue weighted by Crippen LogP contribution is -2.39. The number of nitrogens with zero attached hydrogens (tertiary/aromatic N) is 4. The van der Waals surface area contributed by atoms with Gasteiger partial charge in [0.15, 0.2) is 5.78 Å². The standard InChI is InChI=1S/C23H24N4O3/c1-26-21(28)15-20(16-6-10-24-11-7-16)25-23(26)27-12-8-17(9-13-27)22(29)18-4-3-5-19(14-18)30-2/h3-7,10-11,14-15,17H,8-9,12-13H2,1-2H3. The van der Waals surface area contributed by atoms with Crippen LogP contribution in [0.1, 0.15) is 23.2 Å². The number of piperidine rings is 1. The molecule has 0 radical (unpaired) electrons. The lowest BCUT2D eigenvalue weighted by molar-refractivity contribution is 0.0900. The Kier molecular flexibility index (Phi) is 5.61. The smallest absolute Gasteiger partial charge is 0.255 e. The summed E-state index contributed by atoms with van der Waals surface area (Å²) in [6.45, 7) is 1.33. The fraction of sp³-hybridized carbons (Fsp3) is 0.304. The molecule has 0 saturated carbocycles. The molecule has 2 aromatic heterocycles. The second-order valence-electron chi connectivity index (χ2n) is 7.43. The molecule has 30 heavy (non-hydrogen) atoms. The highest BCUT2D eigenvalue weighted by Gasteiger charge is 2.28. The van der Waals surface area contributed by atoms with E-state index in [1.807, 2.05) is 30.3 Å². The van der Waals surface area contributed by atoms with E-state index in [0.29, 0.717) is 48.9 Å². The monoisotopic (exact) mass is 404 g/mol. The number of carbonyl (C=O) groups is 1. The van der Waals surface area contributed by atoms with Gasteiger partial charge in [0.2, 0.25) is 5.95 Å². The molecule has 0 unspecified atom stereocenters. The first-order chi connectivity index (χ1) is 14.6. The van der Waals surface area contributed by atoms with Crippen LogP contribution >= 0.6 is 0 Å². The topological polar surface area (TPSA) is 77.3 Å². The summed E-state index contributed by atoms with van der Waals surface area (Å²) in [7, 11) is 3.33. The Morgan fingerprint density at radius 1 is 1.10 bits per heavy atom. The third-order valence-electron chi connectivity index (χ3n) is 5.59. The summed E-state index contributed by atoms with van der Waals surface area (Å²) in [6.07, 6.45) is 4.80. The van der Waals surface area contributed by atoms with Gasteiger partial charge in [-0.2, -0.15) is 0 Å². The predicted octanol–water partition coefficient (Wildman–Crippen LogP) is 2.95. The summed E-state index contributed by atoms with van der Waals surface area (Å²) in [5, 5.41) is 0. The third kappa shape index (κ3) is 3.96. The molecule has 4 rings (SSSR count). The van der Waals surface area contributed by atoms with Crippen LogP contribution in [0.3, 0.4) is 0 Å². The largest absolute Gasteiger partial charge is 0.497 e. The van der Waals surface area contributed by atoms with Gasteiger partial charge in [-0.1, -0.05) is 12.1 Å². The first kappa shape index (κ1) is 19.8. The number of benzene rings is 1. The molecule has 1 fully saturated rings. The first-order valence-corrected chi connectivity index (χ1v) is 9.98. The Labute approximate surface area is 175 Å². The molecule has 1 aromatic carbocycles. The second kappa shape index (κ2) is 8.49. The molecule has 0 atom stereocenters. The Bertz CT molecular complexity index is 1100. The van der Waals surface area contributed by atoms with E-state index in [4.69, 9.17) is 9.72 Å². The van der Waals surface area contributed by atoms with Crippen molar-refractivity contribution < 1.29 is 9.53 Å². The molecule has 154 valence electrons. The van der Waals surface area contributed by atoms with E-state index in [0.717, 1.165) is 5.56 Å². The van der Waals surface area contributed by atoms with Crippen LogP contribution in [0.5, 0.6) is 5.75 Å². The quantitative estimate of drug-likeness (QED) is 0.609. The Morgan fingerprint density at radius 2 is 1.83 bits per heavy atom. The van der Waals surface area contributed by atoms with Crippen LogP contribution in [0.25, 0.3) is 11.3 Å². The molecule has 7 heteroatoms. The molecule has 1 aliphatic rings. The number of aromatic nitrogens is 3. The highest BCUT2D eigenvalue weighted by molar-refractivity contribution is 5.98. The average molecular weight is 404 g/mol.